The van der Waals surface area contributed by atoms with Crippen molar-refractivity contribution in [1.82, 2.24) is 9.88 Å². The first-order chi connectivity index (χ1) is 13.2. The van der Waals surface area contributed by atoms with Crippen LogP contribution in [0.4, 0.5) is 0 Å². The molecule has 2 aromatic rings. The molecule has 2 aliphatic heterocycles. The molecule has 4 rings (SSSR count). The molecule has 0 spiro atoms. The third-order valence-corrected chi connectivity index (χ3v) is 5.33. The van der Waals surface area contributed by atoms with Gasteiger partial charge in [-0.3, -0.25) is 9.78 Å². The number of amides is 1. The SMILES string of the molecule is COc1cccc(OCC(=O)N2C3CCC2CC(Oc2ccncc2)C3)c1. The number of nitrogens with zero attached hydrogens (tertiary/aromatic N) is 2. The maximum Gasteiger partial charge on any atom is 0.261 e. The van der Waals surface area contributed by atoms with Crippen LogP contribution in [0.15, 0.2) is 48.8 Å². The van der Waals surface area contributed by atoms with Gasteiger partial charge in [-0.15, -0.1) is 0 Å². The van der Waals surface area contributed by atoms with E-state index in [2.05, 4.69) is 4.98 Å². The first kappa shape index (κ1) is 17.6. The van der Waals surface area contributed by atoms with Crippen molar-refractivity contribution in [1.29, 1.82) is 0 Å². The third kappa shape index (κ3) is 3.99. The minimum Gasteiger partial charge on any atom is -0.497 e. The second-order valence-corrected chi connectivity index (χ2v) is 7.05. The zero-order valence-electron chi connectivity index (χ0n) is 15.4. The van der Waals surface area contributed by atoms with E-state index in [4.69, 9.17) is 14.2 Å². The number of carbonyl (C=O) groups is 1. The van der Waals surface area contributed by atoms with Gasteiger partial charge >= 0.3 is 0 Å². The summed E-state index contributed by atoms with van der Waals surface area (Å²) in [5.41, 5.74) is 0. The molecule has 0 saturated carbocycles. The predicted octanol–water partition coefficient (Wildman–Crippen LogP) is 3.07. The summed E-state index contributed by atoms with van der Waals surface area (Å²) in [6.07, 6.45) is 7.41. The molecule has 2 aliphatic rings. The van der Waals surface area contributed by atoms with Crippen molar-refractivity contribution in [2.75, 3.05) is 13.7 Å². The van der Waals surface area contributed by atoms with E-state index in [1.54, 1.807) is 25.6 Å². The van der Waals surface area contributed by atoms with Gasteiger partial charge in [-0.25, -0.2) is 0 Å². The fraction of sp³-hybridized carbons (Fsp3) is 0.429. The number of rotatable bonds is 6. The summed E-state index contributed by atoms with van der Waals surface area (Å²) >= 11 is 0. The van der Waals surface area contributed by atoms with Crippen molar-refractivity contribution < 1.29 is 19.0 Å². The van der Waals surface area contributed by atoms with E-state index in [9.17, 15) is 4.79 Å². The number of aromatic nitrogens is 1. The standard InChI is InChI=1S/C21H24N2O4/c1-25-18-3-2-4-19(13-18)26-14-21(24)23-15-5-6-16(23)12-20(11-15)27-17-7-9-22-10-8-17/h2-4,7-10,13,15-16,20H,5-6,11-12,14H2,1H3. The molecular weight excluding hydrogens is 344 g/mol. The van der Waals surface area contributed by atoms with Gasteiger partial charge < -0.3 is 19.1 Å². The van der Waals surface area contributed by atoms with Gasteiger partial charge in [-0.2, -0.15) is 0 Å². The fourth-order valence-electron chi connectivity index (χ4n) is 4.15. The van der Waals surface area contributed by atoms with Crippen LogP contribution < -0.4 is 14.2 Å². The second-order valence-electron chi connectivity index (χ2n) is 7.05. The van der Waals surface area contributed by atoms with Gasteiger partial charge in [0.25, 0.3) is 5.91 Å². The van der Waals surface area contributed by atoms with E-state index in [0.29, 0.717) is 11.5 Å². The Bertz CT molecular complexity index is 769. The molecule has 6 heteroatoms. The van der Waals surface area contributed by atoms with Crippen molar-refractivity contribution >= 4 is 5.91 Å². The number of fused-ring (bicyclic) bond motifs is 2. The average Bonchev–Trinajstić information content (AvgIpc) is 2.98. The number of pyridine rings is 1. The molecule has 2 saturated heterocycles. The van der Waals surface area contributed by atoms with Gasteiger partial charge in [0, 0.05) is 43.4 Å². The van der Waals surface area contributed by atoms with Gasteiger partial charge in [0.15, 0.2) is 6.61 Å². The molecule has 142 valence electrons. The molecule has 3 heterocycles. The molecule has 2 unspecified atom stereocenters. The molecule has 6 nitrogen and oxygen atoms in total. The van der Waals surface area contributed by atoms with Gasteiger partial charge in [-0.1, -0.05) is 6.07 Å². The number of benzene rings is 1. The van der Waals surface area contributed by atoms with Crippen LogP contribution in [0.5, 0.6) is 17.2 Å². The number of methoxy groups -OCH3 is 1. The Morgan fingerprint density at radius 3 is 2.48 bits per heavy atom. The lowest BCUT2D eigenvalue weighted by molar-refractivity contribution is -0.139. The topological polar surface area (TPSA) is 60.9 Å². The Morgan fingerprint density at radius 1 is 1.07 bits per heavy atom. The zero-order valence-corrected chi connectivity index (χ0v) is 15.4. The highest BCUT2D eigenvalue weighted by Crippen LogP contribution is 2.37. The molecule has 1 aromatic heterocycles. The van der Waals surface area contributed by atoms with E-state index in [0.717, 1.165) is 31.4 Å². The lowest BCUT2D eigenvalue weighted by atomic mass is 9.99. The smallest absolute Gasteiger partial charge is 0.261 e. The molecular formula is C21H24N2O4. The summed E-state index contributed by atoms with van der Waals surface area (Å²) in [5, 5.41) is 0. The van der Waals surface area contributed by atoms with Gasteiger partial charge in [0.05, 0.1) is 7.11 Å². The molecule has 0 aliphatic carbocycles. The molecule has 2 bridgehead atoms. The Kier molecular flexibility index (Phi) is 5.14. The molecule has 2 atom stereocenters. The average molecular weight is 368 g/mol. The third-order valence-electron chi connectivity index (χ3n) is 5.33. The van der Waals surface area contributed by atoms with Crippen molar-refractivity contribution in [2.45, 2.75) is 43.9 Å². The van der Waals surface area contributed by atoms with Crippen LogP contribution in [-0.4, -0.2) is 47.7 Å². The van der Waals surface area contributed by atoms with E-state index in [1.165, 1.54) is 0 Å². The van der Waals surface area contributed by atoms with Crippen LogP contribution >= 0.6 is 0 Å². The van der Waals surface area contributed by atoms with E-state index in [1.807, 2.05) is 35.2 Å². The minimum atomic E-state index is 0.0488. The van der Waals surface area contributed by atoms with Crippen LogP contribution in [0.2, 0.25) is 0 Å². The Morgan fingerprint density at radius 2 is 1.78 bits per heavy atom. The Hall–Kier alpha value is -2.76. The number of carbonyl (C=O) groups excluding carboxylic acids is 1. The van der Waals surface area contributed by atoms with E-state index < -0.39 is 0 Å². The monoisotopic (exact) mass is 368 g/mol. The molecule has 2 fully saturated rings. The van der Waals surface area contributed by atoms with Crippen LogP contribution in [0.3, 0.4) is 0 Å². The highest BCUT2D eigenvalue weighted by atomic mass is 16.5. The van der Waals surface area contributed by atoms with Gasteiger partial charge in [0.2, 0.25) is 0 Å². The summed E-state index contributed by atoms with van der Waals surface area (Å²) < 4.78 is 17.0. The summed E-state index contributed by atoms with van der Waals surface area (Å²) in [7, 11) is 1.61. The normalized spacial score (nSPS) is 23.7. The highest BCUT2D eigenvalue weighted by Gasteiger charge is 2.44. The van der Waals surface area contributed by atoms with Crippen molar-refractivity contribution in [2.24, 2.45) is 0 Å². The quantitative estimate of drug-likeness (QED) is 0.784. The van der Waals surface area contributed by atoms with Crippen LogP contribution in [0.25, 0.3) is 0 Å². The first-order valence-electron chi connectivity index (χ1n) is 9.37. The van der Waals surface area contributed by atoms with Crippen molar-refractivity contribution in [3.8, 4) is 17.2 Å². The van der Waals surface area contributed by atoms with E-state index in [-0.39, 0.29) is 30.7 Å². The summed E-state index contributed by atoms with van der Waals surface area (Å²) in [4.78, 5) is 18.8. The molecule has 1 amide bonds. The number of hydrogen-bond acceptors (Lipinski definition) is 5. The first-order valence-corrected chi connectivity index (χ1v) is 9.37. The van der Waals surface area contributed by atoms with Gasteiger partial charge in [0.1, 0.15) is 23.4 Å². The van der Waals surface area contributed by atoms with Crippen LogP contribution in [0.1, 0.15) is 25.7 Å². The van der Waals surface area contributed by atoms with Crippen molar-refractivity contribution in [3.63, 3.8) is 0 Å². The second kappa shape index (κ2) is 7.86. The molecule has 1 aromatic carbocycles. The zero-order chi connectivity index (χ0) is 18.6. The minimum absolute atomic E-state index is 0.0488. The maximum atomic E-state index is 12.8. The number of ether oxygens (including phenoxy) is 3. The predicted molar refractivity (Wildman–Crippen MR) is 100 cm³/mol. The van der Waals surface area contributed by atoms with Crippen LogP contribution in [-0.2, 0) is 4.79 Å². The lowest BCUT2D eigenvalue weighted by Crippen LogP contribution is -2.50. The lowest BCUT2D eigenvalue weighted by Gasteiger charge is -2.38. The highest BCUT2D eigenvalue weighted by molar-refractivity contribution is 5.79. The van der Waals surface area contributed by atoms with Gasteiger partial charge in [-0.05, 0) is 37.1 Å². The van der Waals surface area contributed by atoms with Crippen LogP contribution in [0, 0.1) is 0 Å². The summed E-state index contributed by atoms with van der Waals surface area (Å²) in [5.74, 6) is 2.25. The summed E-state index contributed by atoms with van der Waals surface area (Å²) in [6.45, 7) is 0.0516. The molecule has 27 heavy (non-hydrogen) atoms. The maximum absolute atomic E-state index is 12.8. The Labute approximate surface area is 159 Å². The fourth-order valence-corrected chi connectivity index (χ4v) is 4.15. The van der Waals surface area contributed by atoms with Crippen molar-refractivity contribution in [3.05, 3.63) is 48.8 Å². The number of piperidine rings is 1. The summed E-state index contributed by atoms with van der Waals surface area (Å²) in [6, 6.07) is 11.5. The molecule has 0 N–H and O–H groups in total. The Balaban J connectivity index is 1.34. The molecule has 0 radical (unpaired) electrons. The van der Waals surface area contributed by atoms with E-state index >= 15 is 0 Å². The largest absolute Gasteiger partial charge is 0.497 e. The number of hydrogen-bond donors (Lipinski definition) is 0.